The Bertz CT molecular complexity index is 1100. The van der Waals surface area contributed by atoms with Crippen LogP contribution in [-0.2, 0) is 26.2 Å². The molecule has 0 bridgehead atoms. The molecule has 1 unspecified atom stereocenters. The van der Waals surface area contributed by atoms with E-state index < -0.39 is 34.1 Å². The maximum atomic E-state index is 13.3. The van der Waals surface area contributed by atoms with Crippen molar-refractivity contribution in [3.05, 3.63) is 64.1 Å². The van der Waals surface area contributed by atoms with Crippen LogP contribution in [0.5, 0.6) is 0 Å². The van der Waals surface area contributed by atoms with E-state index in [9.17, 15) is 18.0 Å². The lowest BCUT2D eigenvalue weighted by atomic mass is 10.1. The highest BCUT2D eigenvalue weighted by molar-refractivity contribution is 9.10. The van der Waals surface area contributed by atoms with Crippen LogP contribution in [-0.4, -0.2) is 54.6 Å². The van der Waals surface area contributed by atoms with Gasteiger partial charge in [-0.05, 0) is 64.4 Å². The normalized spacial score (nSPS) is 13.0. The maximum Gasteiger partial charge on any atom is 0.243 e. The summed E-state index contributed by atoms with van der Waals surface area (Å²) in [6.07, 6.45) is 0. The van der Waals surface area contributed by atoms with E-state index in [4.69, 9.17) is 0 Å². The van der Waals surface area contributed by atoms with Gasteiger partial charge in [0.2, 0.25) is 21.8 Å². The van der Waals surface area contributed by atoms with Crippen LogP contribution in [0.4, 0.5) is 0 Å². The van der Waals surface area contributed by atoms with Crippen molar-refractivity contribution in [1.82, 2.24) is 14.5 Å². The molecule has 0 aliphatic rings. The van der Waals surface area contributed by atoms with Crippen molar-refractivity contribution in [1.29, 1.82) is 0 Å². The zero-order chi connectivity index (χ0) is 25.0. The van der Waals surface area contributed by atoms with Gasteiger partial charge in [0.15, 0.2) is 0 Å². The third kappa shape index (κ3) is 7.65. The van der Waals surface area contributed by atoms with Crippen molar-refractivity contribution >= 4 is 37.8 Å². The molecule has 0 heterocycles. The Balaban J connectivity index is 2.29. The summed E-state index contributed by atoms with van der Waals surface area (Å²) in [6, 6.07) is 13.1. The van der Waals surface area contributed by atoms with Gasteiger partial charge in [-0.1, -0.05) is 45.8 Å². The van der Waals surface area contributed by atoms with Crippen molar-refractivity contribution in [3.63, 3.8) is 0 Å². The summed E-state index contributed by atoms with van der Waals surface area (Å²) in [4.78, 5) is 27.7. The first-order chi connectivity index (χ1) is 15.2. The van der Waals surface area contributed by atoms with E-state index in [0.29, 0.717) is 0 Å². The average Bonchev–Trinajstić information content (AvgIpc) is 2.70. The molecule has 1 atom stereocenters. The average molecular weight is 539 g/mol. The highest BCUT2D eigenvalue weighted by atomic mass is 79.9. The largest absolute Gasteiger partial charge is 0.350 e. The van der Waals surface area contributed by atoms with E-state index in [1.807, 2.05) is 52.0 Å². The molecule has 180 valence electrons. The molecule has 1 N–H and O–H groups in total. The fraction of sp³-hybridized carbons (Fsp3) is 0.417. The lowest BCUT2D eigenvalue weighted by Gasteiger charge is -2.32. The van der Waals surface area contributed by atoms with E-state index in [-0.39, 0.29) is 17.3 Å². The van der Waals surface area contributed by atoms with Gasteiger partial charge >= 0.3 is 0 Å². The summed E-state index contributed by atoms with van der Waals surface area (Å²) in [5, 5.41) is 2.89. The smallest absolute Gasteiger partial charge is 0.243 e. The molecule has 2 aromatic rings. The van der Waals surface area contributed by atoms with Gasteiger partial charge in [-0.2, -0.15) is 4.31 Å². The lowest BCUT2D eigenvalue weighted by Crippen LogP contribution is -2.54. The van der Waals surface area contributed by atoms with Crippen molar-refractivity contribution in [2.45, 2.75) is 57.6 Å². The van der Waals surface area contributed by atoms with Gasteiger partial charge in [-0.15, -0.1) is 0 Å². The molecule has 7 nitrogen and oxygen atoms in total. The van der Waals surface area contributed by atoms with Gasteiger partial charge in [0.1, 0.15) is 6.04 Å². The van der Waals surface area contributed by atoms with Gasteiger partial charge in [0.25, 0.3) is 0 Å². The van der Waals surface area contributed by atoms with E-state index in [1.165, 1.54) is 24.1 Å². The zero-order valence-electron chi connectivity index (χ0n) is 19.9. The number of halogens is 1. The zero-order valence-corrected chi connectivity index (χ0v) is 22.3. The standard InChI is InChI=1S/C24H32BrN3O4S/c1-17-10-12-21(13-11-17)33(31,32)27(6)16-22(29)28(15-19-8-7-9-20(25)14-19)18(2)23(30)26-24(3,4)5/h7-14,18H,15-16H2,1-6H3,(H,26,30). The summed E-state index contributed by atoms with van der Waals surface area (Å²) < 4.78 is 27.8. The predicted octanol–water partition coefficient (Wildman–Crippen LogP) is 3.71. The minimum Gasteiger partial charge on any atom is -0.350 e. The number of benzene rings is 2. The molecule has 0 aliphatic heterocycles. The van der Waals surface area contributed by atoms with Crippen LogP contribution in [0.2, 0.25) is 0 Å². The van der Waals surface area contributed by atoms with Crippen LogP contribution in [0, 0.1) is 6.92 Å². The molecule has 0 saturated carbocycles. The summed E-state index contributed by atoms with van der Waals surface area (Å²) in [6.45, 7) is 8.87. The number of likely N-dealkylation sites (N-methyl/N-ethyl adjacent to an activating group) is 1. The number of hydrogen-bond acceptors (Lipinski definition) is 4. The van der Waals surface area contributed by atoms with Crippen LogP contribution in [0.15, 0.2) is 57.9 Å². The van der Waals surface area contributed by atoms with E-state index >= 15 is 0 Å². The SMILES string of the molecule is Cc1ccc(S(=O)(=O)N(C)CC(=O)N(Cc2cccc(Br)c2)C(C)C(=O)NC(C)(C)C)cc1. The van der Waals surface area contributed by atoms with Crippen molar-refractivity contribution in [3.8, 4) is 0 Å². The summed E-state index contributed by atoms with van der Waals surface area (Å²) in [7, 11) is -2.50. The topological polar surface area (TPSA) is 86.8 Å². The molecule has 0 fully saturated rings. The first-order valence-corrected chi connectivity index (χ1v) is 12.8. The molecular weight excluding hydrogens is 506 g/mol. The van der Waals surface area contributed by atoms with E-state index in [2.05, 4.69) is 21.2 Å². The first-order valence-electron chi connectivity index (χ1n) is 10.6. The minimum atomic E-state index is -3.86. The molecule has 0 aromatic heterocycles. The molecule has 0 saturated heterocycles. The Labute approximate surface area is 205 Å². The fourth-order valence-electron chi connectivity index (χ4n) is 3.15. The second kappa shape index (κ2) is 10.8. The second-order valence-corrected chi connectivity index (χ2v) is 12.1. The molecule has 0 spiro atoms. The summed E-state index contributed by atoms with van der Waals surface area (Å²) >= 11 is 3.42. The second-order valence-electron chi connectivity index (χ2n) is 9.14. The molecule has 9 heteroatoms. The number of sulfonamides is 1. The third-order valence-corrected chi connectivity index (χ3v) is 7.31. The number of rotatable bonds is 8. The van der Waals surface area contributed by atoms with Crippen LogP contribution >= 0.6 is 15.9 Å². The Kier molecular flexibility index (Phi) is 8.84. The van der Waals surface area contributed by atoms with Crippen molar-refractivity contribution in [2.75, 3.05) is 13.6 Å². The fourth-order valence-corrected chi connectivity index (χ4v) is 4.71. The van der Waals surface area contributed by atoms with Gasteiger partial charge in [0, 0.05) is 23.6 Å². The first kappa shape index (κ1) is 27.0. The van der Waals surface area contributed by atoms with E-state index in [1.54, 1.807) is 19.1 Å². The number of aryl methyl sites for hydroxylation is 1. The number of carbonyl (C=O) groups excluding carboxylic acids is 2. The molecule has 33 heavy (non-hydrogen) atoms. The molecular formula is C24H32BrN3O4S. The van der Waals surface area contributed by atoms with Crippen LogP contribution < -0.4 is 5.32 Å². The van der Waals surface area contributed by atoms with Crippen molar-refractivity contribution < 1.29 is 18.0 Å². The molecule has 0 radical (unpaired) electrons. The number of amides is 2. The molecule has 2 amide bonds. The Morgan fingerprint density at radius 3 is 2.24 bits per heavy atom. The number of carbonyl (C=O) groups is 2. The molecule has 0 aliphatic carbocycles. The van der Waals surface area contributed by atoms with Crippen LogP contribution in [0.1, 0.15) is 38.8 Å². The summed E-state index contributed by atoms with van der Waals surface area (Å²) in [5.74, 6) is -0.778. The van der Waals surface area contributed by atoms with Gasteiger partial charge < -0.3 is 10.2 Å². The lowest BCUT2D eigenvalue weighted by molar-refractivity contribution is -0.141. The molecule has 2 rings (SSSR count). The number of nitrogens with one attached hydrogen (secondary N) is 1. The Morgan fingerprint density at radius 1 is 1.09 bits per heavy atom. The highest BCUT2D eigenvalue weighted by Gasteiger charge is 2.31. The third-order valence-electron chi connectivity index (χ3n) is 4.99. The van der Waals surface area contributed by atoms with Gasteiger partial charge in [0.05, 0.1) is 11.4 Å². The highest BCUT2D eigenvalue weighted by Crippen LogP contribution is 2.18. The van der Waals surface area contributed by atoms with Crippen LogP contribution in [0.25, 0.3) is 0 Å². The predicted molar refractivity (Wildman–Crippen MR) is 133 cm³/mol. The van der Waals surface area contributed by atoms with E-state index in [0.717, 1.165) is 19.9 Å². The number of hydrogen-bond donors (Lipinski definition) is 1. The van der Waals surface area contributed by atoms with Crippen LogP contribution in [0.3, 0.4) is 0 Å². The Morgan fingerprint density at radius 2 is 1.70 bits per heavy atom. The summed E-state index contributed by atoms with van der Waals surface area (Å²) in [5.41, 5.74) is 1.28. The van der Waals surface area contributed by atoms with Crippen molar-refractivity contribution in [2.24, 2.45) is 0 Å². The van der Waals surface area contributed by atoms with Gasteiger partial charge in [-0.25, -0.2) is 8.42 Å². The minimum absolute atomic E-state index is 0.112. The number of nitrogens with zero attached hydrogens (tertiary/aromatic N) is 2. The Hall–Kier alpha value is -2.23. The maximum absolute atomic E-state index is 13.3. The molecule has 2 aromatic carbocycles. The monoisotopic (exact) mass is 537 g/mol. The van der Waals surface area contributed by atoms with Gasteiger partial charge in [-0.3, -0.25) is 9.59 Å². The quantitative estimate of drug-likeness (QED) is 0.556.